The Bertz CT molecular complexity index is 2910. The number of unbranched alkanes of at least 4 members (excludes halogenated alkanes) is 2. The Morgan fingerprint density at radius 2 is 0.792 bits per heavy atom. The van der Waals surface area contributed by atoms with Crippen molar-refractivity contribution in [1.29, 1.82) is 0 Å². The molecule has 8 amide bonds. The molecule has 1 aliphatic carbocycles. The topological polar surface area (TPSA) is 263 Å². The molecule has 10 N–H and O–H groups in total. The van der Waals surface area contributed by atoms with Gasteiger partial charge in [-0.05, 0) is 125 Å². The summed E-state index contributed by atoms with van der Waals surface area (Å²) in [5.74, 6) is -1.48. The standard InChI is InChI=1S/C76H108N12O8/c1-5-61(77-3)69(89)85-67-57(49-79-47-53-25-11-7-12-26-53)37-39-59-41-43-63(87(59)75(67)95)71(91)83-65(55-29-15-9-16-30-55)73(93)81-45-21-19-23-51-33-35-52(36-34-51)24-20-22-46-82-74(94)66(56-31-17-10-18-32-56)84-72(92)64-44-42-60-40-38-58(50-80-48-54-27-13-8-14-28-54)68(76(96)88(60)64)86-70(90)62(6-2)78-4/h7-18,25-32,51-52,57-68,77-80H,5-6,19-24,33-50H2,1-4H3,(H,81,93)(H,82,94)(H,83,91)(H,84,92)(H,85,89)(H,86,90)/t51?,52?,57-,58-,59+,60+,61+,62+,63+,64+,65+,66+,67+,68+/m1/s1. The molecule has 4 heterocycles. The van der Waals surface area contributed by atoms with Crippen LogP contribution in [0.25, 0.3) is 0 Å². The monoisotopic (exact) mass is 1320 g/mol. The third-order valence-electron chi connectivity index (χ3n) is 21.2. The molecular weight excluding hydrogens is 1210 g/mol. The van der Waals surface area contributed by atoms with E-state index in [1.54, 1.807) is 23.9 Å². The summed E-state index contributed by atoms with van der Waals surface area (Å²) in [6.45, 7) is 7.07. The average Bonchev–Trinajstić information content (AvgIpc) is 1.64. The second-order valence-electron chi connectivity index (χ2n) is 27.5. The average molecular weight is 1320 g/mol. The fourth-order valence-electron chi connectivity index (χ4n) is 15.6. The molecule has 0 radical (unpaired) electrons. The molecular formula is C76H108N12O8. The lowest BCUT2D eigenvalue weighted by atomic mass is 9.78. The number of rotatable bonds is 34. The number of fused-ring (bicyclic) bond motifs is 2. The van der Waals surface area contributed by atoms with Crippen molar-refractivity contribution >= 4 is 47.3 Å². The maximum Gasteiger partial charge on any atom is 0.247 e. The van der Waals surface area contributed by atoms with Crippen LogP contribution in [0.3, 0.4) is 0 Å². The maximum atomic E-state index is 14.8. The van der Waals surface area contributed by atoms with Crippen molar-refractivity contribution in [3.05, 3.63) is 144 Å². The van der Waals surface area contributed by atoms with Gasteiger partial charge in [0.2, 0.25) is 47.3 Å². The molecule has 520 valence electrons. The van der Waals surface area contributed by atoms with Crippen LogP contribution in [0.15, 0.2) is 121 Å². The minimum Gasteiger partial charge on any atom is -0.354 e. The van der Waals surface area contributed by atoms with Gasteiger partial charge in [-0.25, -0.2) is 0 Å². The third-order valence-corrected chi connectivity index (χ3v) is 21.2. The van der Waals surface area contributed by atoms with Gasteiger partial charge < -0.3 is 63.0 Å². The van der Waals surface area contributed by atoms with Crippen molar-refractivity contribution < 1.29 is 38.4 Å². The number of nitrogens with zero attached hydrogens (tertiary/aromatic N) is 2. The van der Waals surface area contributed by atoms with Crippen molar-refractivity contribution in [1.82, 2.24) is 63.0 Å². The zero-order chi connectivity index (χ0) is 67.8. The van der Waals surface area contributed by atoms with E-state index >= 15 is 0 Å². The first-order valence-corrected chi connectivity index (χ1v) is 36.1. The number of hydrogen-bond acceptors (Lipinski definition) is 12. The van der Waals surface area contributed by atoms with Crippen LogP contribution in [-0.2, 0) is 51.4 Å². The molecule has 0 bridgehead atoms. The minimum atomic E-state index is -0.954. The molecule has 5 fully saturated rings. The van der Waals surface area contributed by atoms with Crippen LogP contribution in [0.5, 0.6) is 0 Å². The molecule has 0 aromatic heterocycles. The molecule has 4 aromatic carbocycles. The highest BCUT2D eigenvalue weighted by Crippen LogP contribution is 2.38. The van der Waals surface area contributed by atoms with Gasteiger partial charge >= 0.3 is 0 Å². The highest BCUT2D eigenvalue weighted by Gasteiger charge is 2.50. The summed E-state index contributed by atoms with van der Waals surface area (Å²) in [6.07, 6.45) is 16.5. The summed E-state index contributed by atoms with van der Waals surface area (Å²) in [4.78, 5) is 117. The van der Waals surface area contributed by atoms with E-state index in [9.17, 15) is 38.4 Å². The predicted molar refractivity (Wildman–Crippen MR) is 373 cm³/mol. The van der Waals surface area contributed by atoms with Crippen LogP contribution in [0.1, 0.15) is 177 Å². The van der Waals surface area contributed by atoms with E-state index in [4.69, 9.17) is 0 Å². The molecule has 5 aliphatic rings. The van der Waals surface area contributed by atoms with E-state index in [1.165, 1.54) is 0 Å². The normalized spacial score (nSPS) is 24.6. The van der Waals surface area contributed by atoms with Gasteiger partial charge in [0.1, 0.15) is 36.3 Å². The summed E-state index contributed by atoms with van der Waals surface area (Å²) < 4.78 is 0. The van der Waals surface area contributed by atoms with Crippen LogP contribution in [0, 0.1) is 23.7 Å². The van der Waals surface area contributed by atoms with E-state index in [0.29, 0.717) is 126 Å². The van der Waals surface area contributed by atoms with Crippen LogP contribution in [0.4, 0.5) is 0 Å². The summed E-state index contributed by atoms with van der Waals surface area (Å²) in [5.41, 5.74) is 3.56. The Labute approximate surface area is 569 Å². The highest BCUT2D eigenvalue weighted by molar-refractivity contribution is 5.97. The van der Waals surface area contributed by atoms with Gasteiger partial charge in [0.25, 0.3) is 0 Å². The molecule has 4 aliphatic heterocycles. The van der Waals surface area contributed by atoms with E-state index in [0.717, 1.165) is 75.3 Å². The van der Waals surface area contributed by atoms with Gasteiger partial charge in [-0.1, -0.05) is 187 Å². The van der Waals surface area contributed by atoms with Crippen molar-refractivity contribution in [2.75, 3.05) is 40.3 Å². The SMILES string of the molecule is CC[C@H](NC)C(=O)N[C@@H]1C(=O)N2[C@@H](CC[C@@H]1CNCc1ccccc1)CC[C@H]2C(=O)N[C@H](C(=O)NCCCCC1CCC(CCCCNC(=O)[C@@H](NC(=O)[C@@H]2CC[C@@H]3CC[C@H](CNCc4ccccc4)[C@H](NC(=O)[C@H](CC)NC)C(=O)N32)c2ccccc2)CC1)c1ccccc1. The second kappa shape index (κ2) is 37.3. The fraction of sp³-hybridized carbons (Fsp3) is 0.579. The quantitative estimate of drug-likeness (QED) is 0.0209. The molecule has 96 heavy (non-hydrogen) atoms. The molecule has 4 aromatic rings. The summed E-state index contributed by atoms with van der Waals surface area (Å²) in [5, 5.41) is 31.8. The van der Waals surface area contributed by atoms with Crippen LogP contribution in [0.2, 0.25) is 0 Å². The first-order valence-electron chi connectivity index (χ1n) is 36.1. The lowest BCUT2D eigenvalue weighted by Gasteiger charge is -2.33. The zero-order valence-electron chi connectivity index (χ0n) is 57.2. The van der Waals surface area contributed by atoms with Gasteiger partial charge in [0.05, 0.1) is 12.1 Å². The first-order chi connectivity index (χ1) is 46.8. The van der Waals surface area contributed by atoms with Crippen LogP contribution >= 0.6 is 0 Å². The Morgan fingerprint density at radius 3 is 1.15 bits per heavy atom. The second-order valence-corrected chi connectivity index (χ2v) is 27.5. The van der Waals surface area contributed by atoms with Crippen molar-refractivity contribution in [2.45, 2.75) is 216 Å². The zero-order valence-corrected chi connectivity index (χ0v) is 57.2. The van der Waals surface area contributed by atoms with Crippen LogP contribution in [-0.4, -0.2) is 146 Å². The number of amides is 8. The Hall–Kier alpha value is -7.52. The third kappa shape index (κ3) is 19.8. The number of hydrogen-bond donors (Lipinski definition) is 10. The van der Waals surface area contributed by atoms with E-state index in [-0.39, 0.29) is 71.2 Å². The smallest absolute Gasteiger partial charge is 0.247 e. The number of benzene rings is 4. The lowest BCUT2D eigenvalue weighted by Crippen LogP contribution is -2.59. The maximum absolute atomic E-state index is 14.8. The number of likely N-dealkylation sites (N-methyl/N-ethyl adjacent to an activating group) is 2. The summed E-state index contributed by atoms with van der Waals surface area (Å²) >= 11 is 0. The molecule has 20 heteroatoms. The van der Waals surface area contributed by atoms with E-state index in [1.807, 2.05) is 111 Å². The van der Waals surface area contributed by atoms with Crippen molar-refractivity contribution in [3.63, 3.8) is 0 Å². The number of carbonyl (C=O) groups excluding carboxylic acids is 8. The molecule has 4 saturated heterocycles. The number of carbonyl (C=O) groups is 8. The van der Waals surface area contributed by atoms with Crippen molar-refractivity contribution in [2.24, 2.45) is 23.7 Å². The van der Waals surface area contributed by atoms with Gasteiger partial charge in [0.15, 0.2) is 0 Å². The van der Waals surface area contributed by atoms with E-state index in [2.05, 4.69) is 77.4 Å². The lowest BCUT2D eigenvalue weighted by molar-refractivity contribution is -0.144. The molecule has 9 rings (SSSR count). The Balaban J connectivity index is 0.702. The van der Waals surface area contributed by atoms with Crippen molar-refractivity contribution in [3.8, 4) is 0 Å². The summed E-state index contributed by atoms with van der Waals surface area (Å²) in [7, 11) is 3.47. The first kappa shape index (κ1) is 72.7. The summed E-state index contributed by atoms with van der Waals surface area (Å²) in [6, 6.07) is 32.3. The molecule has 0 spiro atoms. The van der Waals surface area contributed by atoms with Gasteiger partial charge in [0, 0.05) is 63.2 Å². The molecule has 1 saturated carbocycles. The number of nitrogens with one attached hydrogen (secondary N) is 10. The predicted octanol–water partition coefficient (Wildman–Crippen LogP) is 7.17. The highest BCUT2D eigenvalue weighted by atomic mass is 16.2. The van der Waals surface area contributed by atoms with Gasteiger partial charge in [-0.2, -0.15) is 0 Å². The minimum absolute atomic E-state index is 0.160. The molecule has 20 nitrogen and oxygen atoms in total. The Kier molecular flexibility index (Phi) is 28.2. The van der Waals surface area contributed by atoms with Gasteiger partial charge in [-0.3, -0.25) is 38.4 Å². The fourth-order valence-corrected chi connectivity index (χ4v) is 15.6. The molecule has 0 unspecified atom stereocenters. The van der Waals surface area contributed by atoms with Gasteiger partial charge in [-0.15, -0.1) is 0 Å². The van der Waals surface area contributed by atoms with Crippen LogP contribution < -0.4 is 53.2 Å². The van der Waals surface area contributed by atoms with E-state index < -0.39 is 48.3 Å². The Morgan fingerprint density at radius 1 is 0.438 bits per heavy atom. The largest absolute Gasteiger partial charge is 0.354 e. The molecule has 12 atom stereocenters.